The highest BCUT2D eigenvalue weighted by Gasteiger charge is 2.33. The van der Waals surface area contributed by atoms with E-state index < -0.39 is 0 Å². The summed E-state index contributed by atoms with van der Waals surface area (Å²) in [4.78, 5) is 42.1. The van der Waals surface area contributed by atoms with Crippen molar-refractivity contribution < 1.29 is 9.59 Å². The number of amides is 2. The van der Waals surface area contributed by atoms with E-state index in [0.717, 1.165) is 36.5 Å². The first kappa shape index (κ1) is 18.3. The van der Waals surface area contributed by atoms with E-state index in [-0.39, 0.29) is 17.9 Å². The highest BCUT2D eigenvalue weighted by atomic mass is 16.2. The highest BCUT2D eigenvalue weighted by molar-refractivity contribution is 5.92. The summed E-state index contributed by atoms with van der Waals surface area (Å²) in [6, 6.07) is 5.24. The van der Waals surface area contributed by atoms with E-state index in [1.807, 2.05) is 18.0 Å². The molecule has 2 amide bonds. The third-order valence-electron chi connectivity index (χ3n) is 5.45. The van der Waals surface area contributed by atoms with E-state index in [2.05, 4.69) is 10.3 Å². The van der Waals surface area contributed by atoms with Gasteiger partial charge in [0.05, 0.1) is 18.3 Å². The van der Waals surface area contributed by atoms with Gasteiger partial charge in [0.1, 0.15) is 11.5 Å². The van der Waals surface area contributed by atoms with Crippen molar-refractivity contribution in [1.82, 2.24) is 24.8 Å². The third kappa shape index (κ3) is 3.30. The number of fused-ring (bicyclic) bond motifs is 1. The molecule has 0 saturated carbocycles. The molecule has 4 heterocycles. The maximum atomic E-state index is 12.8. The van der Waals surface area contributed by atoms with E-state index in [4.69, 9.17) is 9.97 Å². The number of anilines is 1. The fraction of sp³-hybridized carbons (Fsp3) is 0.450. The topological polar surface area (TPSA) is 91.3 Å². The molecular weight excluding hydrogens is 356 g/mol. The van der Waals surface area contributed by atoms with Crippen LogP contribution in [0.25, 0.3) is 0 Å². The highest BCUT2D eigenvalue weighted by Crippen LogP contribution is 2.33. The van der Waals surface area contributed by atoms with E-state index in [1.165, 1.54) is 0 Å². The molecular formula is C20H24N6O2. The van der Waals surface area contributed by atoms with Crippen LogP contribution in [-0.4, -0.2) is 56.7 Å². The quantitative estimate of drug-likeness (QED) is 0.873. The number of nitrogens with one attached hydrogen (secondary N) is 1. The standard InChI is InChI=1S/C20H24N6O2/c1-13(27)26-10-5-7-17(26)19-23-16-12-25(11-8-14(16)18(21-2)24-19)20(28)15-6-3-4-9-22-15/h3-4,6,9,17H,5,7-8,10-12H2,1-2H3,(H,21,23,24)/t17-/m0/s1. The van der Waals surface area contributed by atoms with Gasteiger partial charge in [-0.2, -0.15) is 0 Å². The summed E-state index contributed by atoms with van der Waals surface area (Å²) in [7, 11) is 1.84. The number of likely N-dealkylation sites (tertiary alicyclic amines) is 1. The molecule has 2 aromatic rings. The van der Waals surface area contributed by atoms with E-state index >= 15 is 0 Å². The fourth-order valence-electron chi connectivity index (χ4n) is 4.04. The van der Waals surface area contributed by atoms with Crippen LogP contribution in [0.15, 0.2) is 24.4 Å². The monoisotopic (exact) mass is 380 g/mol. The molecule has 4 rings (SSSR count). The third-order valence-corrected chi connectivity index (χ3v) is 5.45. The Balaban J connectivity index is 1.65. The fourth-order valence-corrected chi connectivity index (χ4v) is 4.04. The lowest BCUT2D eigenvalue weighted by Crippen LogP contribution is -2.38. The number of pyridine rings is 1. The summed E-state index contributed by atoms with van der Waals surface area (Å²) in [5.41, 5.74) is 2.33. The maximum Gasteiger partial charge on any atom is 0.272 e. The van der Waals surface area contributed by atoms with Crippen molar-refractivity contribution in [1.29, 1.82) is 0 Å². The second kappa shape index (κ2) is 7.53. The van der Waals surface area contributed by atoms with Gasteiger partial charge in [0.15, 0.2) is 5.82 Å². The second-order valence-corrected chi connectivity index (χ2v) is 7.17. The molecule has 0 aromatic carbocycles. The van der Waals surface area contributed by atoms with Gasteiger partial charge in [0.2, 0.25) is 5.91 Å². The number of hydrogen-bond acceptors (Lipinski definition) is 6. The summed E-state index contributed by atoms with van der Waals surface area (Å²) in [6.45, 7) is 3.34. The molecule has 0 unspecified atom stereocenters. The van der Waals surface area contributed by atoms with Gasteiger partial charge >= 0.3 is 0 Å². The SMILES string of the molecule is CNc1nc([C@@H]2CCCN2C(C)=O)nc2c1CCN(C(=O)c1ccccn1)C2. The summed E-state index contributed by atoms with van der Waals surface area (Å²) >= 11 is 0. The van der Waals surface area contributed by atoms with E-state index in [1.54, 1.807) is 30.2 Å². The molecule has 0 spiro atoms. The van der Waals surface area contributed by atoms with Crippen LogP contribution < -0.4 is 5.32 Å². The first-order chi connectivity index (χ1) is 13.6. The van der Waals surface area contributed by atoms with Crippen LogP contribution >= 0.6 is 0 Å². The molecule has 8 heteroatoms. The molecule has 8 nitrogen and oxygen atoms in total. The van der Waals surface area contributed by atoms with Crippen LogP contribution in [0.4, 0.5) is 5.82 Å². The average molecular weight is 380 g/mol. The minimum atomic E-state index is -0.100. The molecule has 1 saturated heterocycles. The van der Waals surface area contributed by atoms with Gasteiger partial charge < -0.3 is 15.1 Å². The largest absolute Gasteiger partial charge is 0.373 e. The Labute approximate surface area is 164 Å². The molecule has 1 fully saturated rings. The summed E-state index contributed by atoms with van der Waals surface area (Å²) in [5, 5.41) is 3.17. The van der Waals surface area contributed by atoms with Crippen LogP contribution in [-0.2, 0) is 17.8 Å². The minimum absolute atomic E-state index is 0.0433. The van der Waals surface area contributed by atoms with Gasteiger partial charge in [-0.3, -0.25) is 14.6 Å². The number of rotatable bonds is 3. The predicted octanol–water partition coefficient (Wildman–Crippen LogP) is 1.80. The first-order valence-corrected chi connectivity index (χ1v) is 9.63. The number of carbonyl (C=O) groups is 2. The Morgan fingerprint density at radius 3 is 2.79 bits per heavy atom. The van der Waals surface area contributed by atoms with Crippen molar-refractivity contribution in [2.24, 2.45) is 0 Å². The van der Waals surface area contributed by atoms with Crippen LogP contribution in [0, 0.1) is 0 Å². The van der Waals surface area contributed by atoms with E-state index in [9.17, 15) is 9.59 Å². The van der Waals surface area contributed by atoms with Gasteiger partial charge in [-0.25, -0.2) is 9.97 Å². The molecule has 1 atom stereocenters. The van der Waals surface area contributed by atoms with Gasteiger partial charge in [0, 0.05) is 38.8 Å². The Morgan fingerprint density at radius 1 is 1.21 bits per heavy atom. The Morgan fingerprint density at radius 2 is 2.07 bits per heavy atom. The van der Waals surface area contributed by atoms with Crippen molar-refractivity contribution in [3.8, 4) is 0 Å². The summed E-state index contributed by atoms with van der Waals surface area (Å²) < 4.78 is 0. The Bertz CT molecular complexity index is 901. The Hall–Kier alpha value is -3.03. The van der Waals surface area contributed by atoms with Crippen molar-refractivity contribution >= 4 is 17.6 Å². The smallest absolute Gasteiger partial charge is 0.272 e. The zero-order valence-corrected chi connectivity index (χ0v) is 16.2. The number of aromatic nitrogens is 3. The second-order valence-electron chi connectivity index (χ2n) is 7.17. The van der Waals surface area contributed by atoms with Crippen LogP contribution in [0.1, 0.15) is 53.4 Å². The lowest BCUT2D eigenvalue weighted by Gasteiger charge is -2.30. The van der Waals surface area contributed by atoms with Gasteiger partial charge in [-0.1, -0.05) is 6.07 Å². The zero-order chi connectivity index (χ0) is 19.7. The molecule has 1 N–H and O–H groups in total. The molecule has 2 aromatic heterocycles. The molecule has 2 aliphatic rings. The summed E-state index contributed by atoms with van der Waals surface area (Å²) in [5.74, 6) is 1.40. The van der Waals surface area contributed by atoms with Gasteiger partial charge in [-0.05, 0) is 31.4 Å². The normalized spacial score (nSPS) is 18.7. The molecule has 2 aliphatic heterocycles. The lowest BCUT2D eigenvalue weighted by molar-refractivity contribution is -0.129. The zero-order valence-electron chi connectivity index (χ0n) is 16.2. The van der Waals surface area contributed by atoms with Gasteiger partial charge in [0.25, 0.3) is 5.91 Å². The molecule has 0 radical (unpaired) electrons. The van der Waals surface area contributed by atoms with Crippen molar-refractivity contribution in [3.05, 3.63) is 47.2 Å². The molecule has 146 valence electrons. The van der Waals surface area contributed by atoms with E-state index in [0.29, 0.717) is 31.0 Å². The molecule has 0 bridgehead atoms. The minimum Gasteiger partial charge on any atom is -0.373 e. The van der Waals surface area contributed by atoms with Crippen LogP contribution in [0.2, 0.25) is 0 Å². The average Bonchev–Trinajstić information content (AvgIpc) is 3.23. The maximum absolute atomic E-state index is 12.8. The Kier molecular flexibility index (Phi) is 4.93. The van der Waals surface area contributed by atoms with Crippen LogP contribution in [0.5, 0.6) is 0 Å². The van der Waals surface area contributed by atoms with Crippen LogP contribution in [0.3, 0.4) is 0 Å². The first-order valence-electron chi connectivity index (χ1n) is 9.63. The molecule has 0 aliphatic carbocycles. The predicted molar refractivity (Wildman–Crippen MR) is 104 cm³/mol. The summed E-state index contributed by atoms with van der Waals surface area (Å²) in [6.07, 6.45) is 4.12. The number of carbonyl (C=O) groups excluding carboxylic acids is 2. The number of hydrogen-bond donors (Lipinski definition) is 1. The van der Waals surface area contributed by atoms with Gasteiger partial charge in [-0.15, -0.1) is 0 Å². The van der Waals surface area contributed by atoms with Crippen molar-refractivity contribution in [2.75, 3.05) is 25.5 Å². The van der Waals surface area contributed by atoms with Crippen molar-refractivity contribution in [2.45, 2.75) is 38.8 Å². The lowest BCUT2D eigenvalue weighted by atomic mass is 10.0. The van der Waals surface area contributed by atoms with Crippen molar-refractivity contribution in [3.63, 3.8) is 0 Å². The molecule has 28 heavy (non-hydrogen) atoms. The number of nitrogens with zero attached hydrogens (tertiary/aromatic N) is 5.